The van der Waals surface area contributed by atoms with Crippen molar-refractivity contribution in [2.45, 2.75) is 19.1 Å². The summed E-state index contributed by atoms with van der Waals surface area (Å²) in [5, 5.41) is 0. The molecule has 124 valence electrons. The second-order valence-corrected chi connectivity index (χ2v) is 8.29. The Balaban J connectivity index is 1.44. The number of halogens is 1. The SMILES string of the molecule is O=c1[nH]c(CN2CCC(Oc3ccccc3)C2)nc2cc(Br)sc12. The molecule has 7 heteroatoms. The molecule has 2 aromatic heterocycles. The molecular weight excluding hydrogens is 390 g/mol. The van der Waals surface area contributed by atoms with Crippen LogP contribution in [0.5, 0.6) is 5.75 Å². The predicted molar refractivity (Wildman–Crippen MR) is 98.7 cm³/mol. The van der Waals surface area contributed by atoms with Crippen LogP contribution >= 0.6 is 27.3 Å². The van der Waals surface area contributed by atoms with Crippen LogP contribution in [0, 0.1) is 0 Å². The molecule has 4 rings (SSSR count). The van der Waals surface area contributed by atoms with Gasteiger partial charge in [-0.25, -0.2) is 4.98 Å². The highest BCUT2D eigenvalue weighted by Crippen LogP contribution is 2.26. The van der Waals surface area contributed by atoms with Crippen LogP contribution in [0.25, 0.3) is 10.2 Å². The van der Waals surface area contributed by atoms with Gasteiger partial charge in [-0.2, -0.15) is 0 Å². The van der Waals surface area contributed by atoms with E-state index >= 15 is 0 Å². The molecule has 1 atom stereocenters. The number of hydrogen-bond donors (Lipinski definition) is 1. The molecule has 0 spiro atoms. The van der Waals surface area contributed by atoms with Crippen LogP contribution in [0.3, 0.4) is 0 Å². The summed E-state index contributed by atoms with van der Waals surface area (Å²) in [5.74, 6) is 1.61. The third kappa shape index (κ3) is 3.38. The minimum atomic E-state index is -0.0676. The van der Waals surface area contributed by atoms with E-state index in [2.05, 4.69) is 30.8 Å². The number of ether oxygens (including phenoxy) is 1. The van der Waals surface area contributed by atoms with Crippen molar-refractivity contribution in [2.75, 3.05) is 13.1 Å². The van der Waals surface area contributed by atoms with Gasteiger partial charge in [0, 0.05) is 13.1 Å². The van der Waals surface area contributed by atoms with Crippen molar-refractivity contribution >= 4 is 37.5 Å². The lowest BCUT2D eigenvalue weighted by Crippen LogP contribution is -2.26. The van der Waals surface area contributed by atoms with E-state index < -0.39 is 0 Å². The number of H-pyrrole nitrogens is 1. The van der Waals surface area contributed by atoms with Crippen molar-refractivity contribution in [1.29, 1.82) is 0 Å². The molecule has 1 saturated heterocycles. The van der Waals surface area contributed by atoms with Crippen LogP contribution in [0.1, 0.15) is 12.2 Å². The van der Waals surface area contributed by atoms with Crippen molar-refractivity contribution in [2.24, 2.45) is 0 Å². The molecule has 1 aromatic carbocycles. The molecule has 1 unspecified atom stereocenters. The number of benzene rings is 1. The lowest BCUT2D eigenvalue weighted by atomic mass is 10.3. The number of nitrogens with zero attached hydrogens (tertiary/aromatic N) is 2. The van der Waals surface area contributed by atoms with Gasteiger partial charge >= 0.3 is 0 Å². The van der Waals surface area contributed by atoms with Gasteiger partial charge in [-0.3, -0.25) is 9.69 Å². The van der Waals surface area contributed by atoms with Gasteiger partial charge in [0.2, 0.25) is 0 Å². The third-order valence-electron chi connectivity index (χ3n) is 4.05. The molecule has 3 heterocycles. The molecule has 3 aromatic rings. The first-order chi connectivity index (χ1) is 11.7. The second-order valence-electron chi connectivity index (χ2n) is 5.85. The fraction of sp³-hybridized carbons (Fsp3) is 0.294. The standard InChI is InChI=1S/C17H16BrN3O2S/c18-14-8-13-16(24-14)17(22)20-15(19-13)10-21-7-6-12(9-21)23-11-4-2-1-3-5-11/h1-5,8,12H,6-7,9-10H2,(H,19,20,22). The molecule has 1 aliphatic rings. The topological polar surface area (TPSA) is 58.2 Å². The molecule has 5 nitrogen and oxygen atoms in total. The maximum absolute atomic E-state index is 12.1. The fourth-order valence-electron chi connectivity index (χ4n) is 2.97. The van der Waals surface area contributed by atoms with Gasteiger partial charge in [0.25, 0.3) is 5.56 Å². The van der Waals surface area contributed by atoms with Gasteiger partial charge in [-0.15, -0.1) is 11.3 Å². The number of fused-ring (bicyclic) bond motifs is 1. The quantitative estimate of drug-likeness (QED) is 0.722. The Morgan fingerprint density at radius 1 is 1.38 bits per heavy atom. The number of para-hydroxylation sites is 1. The molecule has 0 amide bonds. The highest BCUT2D eigenvalue weighted by Gasteiger charge is 2.24. The zero-order valence-corrected chi connectivity index (χ0v) is 15.3. The average Bonchev–Trinajstić information content (AvgIpc) is 3.14. The Morgan fingerprint density at radius 2 is 2.21 bits per heavy atom. The van der Waals surface area contributed by atoms with E-state index in [0.717, 1.165) is 34.6 Å². The summed E-state index contributed by atoms with van der Waals surface area (Å²) in [6, 6.07) is 11.8. The van der Waals surface area contributed by atoms with Gasteiger partial charge in [-0.05, 0) is 40.5 Å². The molecule has 0 saturated carbocycles. The van der Waals surface area contributed by atoms with E-state index in [1.165, 1.54) is 11.3 Å². The summed E-state index contributed by atoms with van der Waals surface area (Å²) in [7, 11) is 0. The summed E-state index contributed by atoms with van der Waals surface area (Å²) in [6.45, 7) is 2.41. The van der Waals surface area contributed by atoms with E-state index in [1.807, 2.05) is 36.4 Å². The van der Waals surface area contributed by atoms with Crippen molar-refractivity contribution in [3.05, 3.63) is 56.4 Å². The van der Waals surface area contributed by atoms with E-state index in [4.69, 9.17) is 4.74 Å². The summed E-state index contributed by atoms with van der Waals surface area (Å²) in [4.78, 5) is 21.9. The lowest BCUT2D eigenvalue weighted by Gasteiger charge is -2.16. The Kier molecular flexibility index (Phi) is 4.39. The van der Waals surface area contributed by atoms with Crippen LogP contribution in [-0.2, 0) is 6.54 Å². The molecule has 1 aliphatic heterocycles. The molecule has 24 heavy (non-hydrogen) atoms. The maximum Gasteiger partial charge on any atom is 0.268 e. The normalized spacial score (nSPS) is 18.3. The number of aromatic amines is 1. The van der Waals surface area contributed by atoms with Crippen LogP contribution in [0.4, 0.5) is 0 Å². The number of hydrogen-bond acceptors (Lipinski definition) is 5. The van der Waals surface area contributed by atoms with Crippen LogP contribution in [-0.4, -0.2) is 34.1 Å². The Morgan fingerprint density at radius 3 is 3.04 bits per heavy atom. The first-order valence-electron chi connectivity index (χ1n) is 7.80. The molecule has 0 radical (unpaired) electrons. The van der Waals surface area contributed by atoms with Crippen molar-refractivity contribution in [3.63, 3.8) is 0 Å². The molecule has 1 fully saturated rings. The summed E-state index contributed by atoms with van der Waals surface area (Å²) in [5.41, 5.74) is 0.684. The van der Waals surface area contributed by atoms with Gasteiger partial charge in [-0.1, -0.05) is 18.2 Å². The first kappa shape index (κ1) is 15.8. The smallest absolute Gasteiger partial charge is 0.268 e. The van der Waals surface area contributed by atoms with Gasteiger partial charge in [0.05, 0.1) is 15.8 Å². The monoisotopic (exact) mass is 405 g/mol. The van der Waals surface area contributed by atoms with E-state index in [1.54, 1.807) is 0 Å². The largest absolute Gasteiger partial charge is 0.489 e. The third-order valence-corrected chi connectivity index (χ3v) is 5.68. The Labute approximate surface area is 151 Å². The van der Waals surface area contributed by atoms with E-state index in [9.17, 15) is 4.79 Å². The number of rotatable bonds is 4. The molecule has 0 aliphatic carbocycles. The Hall–Kier alpha value is -1.70. The minimum absolute atomic E-state index is 0.0676. The first-order valence-corrected chi connectivity index (χ1v) is 9.40. The summed E-state index contributed by atoms with van der Waals surface area (Å²) >= 11 is 4.82. The van der Waals surface area contributed by atoms with Gasteiger partial charge in [0.1, 0.15) is 22.4 Å². The van der Waals surface area contributed by atoms with Gasteiger partial charge < -0.3 is 9.72 Å². The molecule has 0 bridgehead atoms. The number of thiophene rings is 1. The van der Waals surface area contributed by atoms with Crippen molar-refractivity contribution in [3.8, 4) is 5.75 Å². The van der Waals surface area contributed by atoms with Crippen LogP contribution < -0.4 is 10.3 Å². The predicted octanol–water partition coefficient (Wildman–Crippen LogP) is 3.40. The van der Waals surface area contributed by atoms with Gasteiger partial charge in [0.15, 0.2) is 0 Å². The average molecular weight is 406 g/mol. The highest BCUT2D eigenvalue weighted by molar-refractivity contribution is 9.11. The van der Waals surface area contributed by atoms with Crippen LogP contribution in [0.15, 0.2) is 45.0 Å². The highest BCUT2D eigenvalue weighted by atomic mass is 79.9. The maximum atomic E-state index is 12.1. The number of nitrogens with one attached hydrogen (secondary N) is 1. The molecular formula is C17H16BrN3O2S. The second kappa shape index (κ2) is 6.66. The lowest BCUT2D eigenvalue weighted by molar-refractivity contribution is 0.197. The number of likely N-dealkylation sites (tertiary alicyclic amines) is 1. The number of aromatic nitrogens is 2. The Bertz CT molecular complexity index is 909. The zero-order valence-electron chi connectivity index (χ0n) is 12.9. The van der Waals surface area contributed by atoms with Crippen molar-refractivity contribution in [1.82, 2.24) is 14.9 Å². The minimum Gasteiger partial charge on any atom is -0.489 e. The summed E-state index contributed by atoms with van der Waals surface area (Å²) < 4.78 is 7.59. The summed E-state index contributed by atoms with van der Waals surface area (Å²) in [6.07, 6.45) is 1.16. The van der Waals surface area contributed by atoms with Crippen LogP contribution in [0.2, 0.25) is 0 Å². The van der Waals surface area contributed by atoms with Crippen molar-refractivity contribution < 1.29 is 4.74 Å². The van der Waals surface area contributed by atoms with E-state index in [-0.39, 0.29) is 11.7 Å². The zero-order chi connectivity index (χ0) is 16.5. The fourth-order valence-corrected chi connectivity index (χ4v) is 4.40. The van der Waals surface area contributed by atoms with E-state index in [0.29, 0.717) is 17.1 Å². The molecule has 1 N–H and O–H groups in total.